The molecule has 0 heterocycles. The average Bonchev–Trinajstić information content (AvgIpc) is 2.59. The van der Waals surface area contributed by atoms with Crippen molar-refractivity contribution in [3.05, 3.63) is 69.2 Å². The van der Waals surface area contributed by atoms with Gasteiger partial charge in [-0.05, 0) is 32.0 Å². The van der Waals surface area contributed by atoms with E-state index < -0.39 is 18.0 Å². The average molecular weight is 394 g/mol. The van der Waals surface area contributed by atoms with Gasteiger partial charge >= 0.3 is 5.97 Å². The summed E-state index contributed by atoms with van der Waals surface area (Å²) in [6.07, 6.45) is -0.957. The number of carbonyl (C=O) groups excluding carboxylic acids is 3. The number of ketones is 1. The molecule has 0 spiro atoms. The summed E-state index contributed by atoms with van der Waals surface area (Å²) >= 11 is 11.7. The van der Waals surface area contributed by atoms with Crippen LogP contribution in [0.2, 0.25) is 10.0 Å². The van der Waals surface area contributed by atoms with Crippen molar-refractivity contribution in [2.45, 2.75) is 20.0 Å². The third kappa shape index (κ3) is 5.31. The van der Waals surface area contributed by atoms with E-state index in [-0.39, 0.29) is 22.9 Å². The molecule has 0 aliphatic heterocycles. The van der Waals surface area contributed by atoms with Crippen LogP contribution in [0.4, 0.5) is 0 Å². The second kappa shape index (κ2) is 8.83. The standard InChI is InChI=1S/C19H17Cl2NO4/c1-11-3-5-13(6-4-11)18(24)12(2)26-17(23)10-22-19(25)15-8-7-14(20)9-16(15)21/h3-9,12H,10H2,1-2H3,(H,22,25)/t12-/m0/s1. The Labute approximate surface area is 161 Å². The van der Waals surface area contributed by atoms with Crippen LogP contribution >= 0.6 is 23.2 Å². The fraction of sp³-hybridized carbons (Fsp3) is 0.211. The molecule has 0 aromatic heterocycles. The summed E-state index contributed by atoms with van der Waals surface area (Å²) in [7, 11) is 0. The molecule has 0 aliphatic rings. The summed E-state index contributed by atoms with van der Waals surface area (Å²) in [5.74, 6) is -1.58. The van der Waals surface area contributed by atoms with Crippen LogP contribution < -0.4 is 5.32 Å². The van der Waals surface area contributed by atoms with Crippen LogP contribution in [0, 0.1) is 6.92 Å². The zero-order chi connectivity index (χ0) is 19.3. The van der Waals surface area contributed by atoms with Gasteiger partial charge in [0.15, 0.2) is 6.10 Å². The summed E-state index contributed by atoms with van der Waals surface area (Å²) in [5, 5.41) is 2.97. The molecule has 1 amide bonds. The molecule has 0 unspecified atom stereocenters. The summed E-state index contributed by atoms with van der Waals surface area (Å²) < 4.78 is 5.08. The molecule has 2 aromatic carbocycles. The highest BCUT2D eigenvalue weighted by molar-refractivity contribution is 6.36. The summed E-state index contributed by atoms with van der Waals surface area (Å²) in [4.78, 5) is 36.1. The van der Waals surface area contributed by atoms with Gasteiger partial charge in [0.25, 0.3) is 5.91 Å². The van der Waals surface area contributed by atoms with Gasteiger partial charge in [0.05, 0.1) is 10.6 Å². The van der Waals surface area contributed by atoms with Crippen LogP contribution in [0.5, 0.6) is 0 Å². The topological polar surface area (TPSA) is 72.5 Å². The van der Waals surface area contributed by atoms with E-state index in [9.17, 15) is 14.4 Å². The number of hydrogen-bond donors (Lipinski definition) is 1. The molecule has 1 N–H and O–H groups in total. The predicted molar refractivity (Wildman–Crippen MR) is 99.9 cm³/mol. The molecule has 0 bridgehead atoms. The van der Waals surface area contributed by atoms with Crippen LogP contribution in [0.1, 0.15) is 33.2 Å². The number of benzene rings is 2. The molecule has 1 atom stereocenters. The van der Waals surface area contributed by atoms with Crippen molar-refractivity contribution in [2.75, 3.05) is 6.54 Å². The van der Waals surface area contributed by atoms with Crippen LogP contribution in [-0.2, 0) is 9.53 Å². The molecule has 0 aliphatic carbocycles. The van der Waals surface area contributed by atoms with E-state index in [4.69, 9.17) is 27.9 Å². The van der Waals surface area contributed by atoms with Gasteiger partial charge in [-0.25, -0.2) is 0 Å². The lowest BCUT2D eigenvalue weighted by Gasteiger charge is -2.13. The summed E-state index contributed by atoms with van der Waals surface area (Å²) in [5.41, 5.74) is 1.66. The molecule has 0 saturated carbocycles. The lowest BCUT2D eigenvalue weighted by Crippen LogP contribution is -2.34. The van der Waals surface area contributed by atoms with Gasteiger partial charge in [-0.15, -0.1) is 0 Å². The molecule has 26 heavy (non-hydrogen) atoms. The van der Waals surface area contributed by atoms with Crippen LogP contribution in [0.3, 0.4) is 0 Å². The Morgan fingerprint density at radius 2 is 1.73 bits per heavy atom. The maximum absolute atomic E-state index is 12.2. The van der Waals surface area contributed by atoms with Crippen LogP contribution in [-0.4, -0.2) is 30.3 Å². The van der Waals surface area contributed by atoms with Crippen LogP contribution in [0.15, 0.2) is 42.5 Å². The van der Waals surface area contributed by atoms with Gasteiger partial charge in [-0.3, -0.25) is 14.4 Å². The Bertz CT molecular complexity index is 834. The van der Waals surface area contributed by atoms with E-state index in [1.807, 2.05) is 6.92 Å². The molecule has 136 valence electrons. The minimum atomic E-state index is -0.957. The quantitative estimate of drug-likeness (QED) is 0.597. The molecule has 0 radical (unpaired) electrons. The summed E-state index contributed by atoms with van der Waals surface area (Å²) in [6.45, 7) is 3.01. The minimum absolute atomic E-state index is 0.172. The first-order valence-corrected chi connectivity index (χ1v) is 8.57. The Morgan fingerprint density at radius 3 is 2.35 bits per heavy atom. The van der Waals surface area contributed by atoms with Gasteiger partial charge in [0.1, 0.15) is 6.54 Å². The minimum Gasteiger partial charge on any atom is -0.453 e. The van der Waals surface area contributed by atoms with Crippen molar-refractivity contribution in [1.82, 2.24) is 5.32 Å². The Balaban J connectivity index is 1.88. The van der Waals surface area contributed by atoms with Crippen molar-refractivity contribution in [1.29, 1.82) is 0 Å². The molecule has 5 nitrogen and oxygen atoms in total. The number of ether oxygens (including phenoxy) is 1. The molecule has 7 heteroatoms. The lowest BCUT2D eigenvalue weighted by atomic mass is 10.1. The SMILES string of the molecule is Cc1ccc(C(=O)[C@H](C)OC(=O)CNC(=O)c2ccc(Cl)cc2Cl)cc1. The number of carbonyl (C=O) groups is 3. The number of esters is 1. The van der Waals surface area contributed by atoms with E-state index in [1.165, 1.54) is 25.1 Å². The van der Waals surface area contributed by atoms with E-state index >= 15 is 0 Å². The molecular formula is C19H17Cl2NO4. The highest BCUT2D eigenvalue weighted by Gasteiger charge is 2.20. The van der Waals surface area contributed by atoms with E-state index in [1.54, 1.807) is 24.3 Å². The largest absolute Gasteiger partial charge is 0.453 e. The molecule has 2 rings (SSSR count). The number of hydrogen-bond acceptors (Lipinski definition) is 4. The van der Waals surface area contributed by atoms with Crippen molar-refractivity contribution in [2.24, 2.45) is 0 Å². The maximum Gasteiger partial charge on any atom is 0.326 e. The van der Waals surface area contributed by atoms with Gasteiger partial charge in [0.2, 0.25) is 5.78 Å². The monoisotopic (exact) mass is 393 g/mol. The zero-order valence-corrected chi connectivity index (χ0v) is 15.7. The smallest absolute Gasteiger partial charge is 0.326 e. The van der Waals surface area contributed by atoms with E-state index in [0.29, 0.717) is 10.6 Å². The third-order valence-corrected chi connectivity index (χ3v) is 4.13. The van der Waals surface area contributed by atoms with Gasteiger partial charge in [0, 0.05) is 10.6 Å². The normalized spacial score (nSPS) is 11.5. The number of amides is 1. The highest BCUT2D eigenvalue weighted by atomic mass is 35.5. The first-order chi connectivity index (χ1) is 12.3. The van der Waals surface area contributed by atoms with Crippen molar-refractivity contribution >= 4 is 40.9 Å². The second-order valence-corrected chi connectivity index (χ2v) is 6.51. The second-order valence-electron chi connectivity index (χ2n) is 5.67. The van der Waals surface area contributed by atoms with Gasteiger partial charge in [-0.1, -0.05) is 53.0 Å². The molecule has 2 aromatic rings. The predicted octanol–water partition coefficient (Wildman–Crippen LogP) is 3.85. The Hall–Kier alpha value is -2.37. The van der Waals surface area contributed by atoms with Crippen molar-refractivity contribution in [3.63, 3.8) is 0 Å². The molecule has 0 fully saturated rings. The van der Waals surface area contributed by atoms with E-state index in [0.717, 1.165) is 5.56 Å². The van der Waals surface area contributed by atoms with Crippen LogP contribution in [0.25, 0.3) is 0 Å². The number of nitrogens with one attached hydrogen (secondary N) is 1. The maximum atomic E-state index is 12.2. The molecular weight excluding hydrogens is 377 g/mol. The van der Waals surface area contributed by atoms with E-state index in [2.05, 4.69) is 5.32 Å². The zero-order valence-electron chi connectivity index (χ0n) is 14.2. The number of Topliss-reactive ketones (excluding diaryl/α,β-unsaturated/α-hetero) is 1. The Kier molecular flexibility index (Phi) is 6.77. The van der Waals surface area contributed by atoms with Gasteiger partial charge in [-0.2, -0.15) is 0 Å². The number of aryl methyl sites for hydroxylation is 1. The fourth-order valence-corrected chi connectivity index (χ4v) is 2.66. The first-order valence-electron chi connectivity index (χ1n) is 7.81. The lowest BCUT2D eigenvalue weighted by molar-refractivity contribution is -0.145. The Morgan fingerprint density at radius 1 is 1.08 bits per heavy atom. The summed E-state index contributed by atoms with van der Waals surface area (Å²) in [6, 6.07) is 11.4. The van der Waals surface area contributed by atoms with Gasteiger partial charge < -0.3 is 10.1 Å². The number of rotatable bonds is 6. The third-order valence-electron chi connectivity index (χ3n) is 3.58. The first kappa shape index (κ1) is 19.9. The highest BCUT2D eigenvalue weighted by Crippen LogP contribution is 2.20. The van der Waals surface area contributed by atoms with Crippen molar-refractivity contribution in [3.8, 4) is 0 Å². The fourth-order valence-electron chi connectivity index (χ4n) is 2.17. The molecule has 0 saturated heterocycles. The number of halogens is 2. The van der Waals surface area contributed by atoms with Crippen molar-refractivity contribution < 1.29 is 19.1 Å².